The third kappa shape index (κ3) is 3.31. The van der Waals surface area contributed by atoms with Crippen molar-refractivity contribution in [2.24, 2.45) is 0 Å². The Labute approximate surface area is 158 Å². The molecule has 26 heavy (non-hydrogen) atoms. The lowest BCUT2D eigenvalue weighted by Crippen LogP contribution is -2.42. The number of carbonyl (C=O) groups excluding carboxylic acids is 1. The highest BCUT2D eigenvalue weighted by Crippen LogP contribution is 2.32. The third-order valence-electron chi connectivity index (χ3n) is 5.24. The van der Waals surface area contributed by atoms with Gasteiger partial charge in [-0.25, -0.2) is 0 Å². The van der Waals surface area contributed by atoms with Crippen molar-refractivity contribution in [1.82, 2.24) is 4.90 Å². The fourth-order valence-corrected chi connectivity index (χ4v) is 3.95. The molecular weight excluding hydrogens is 350 g/mol. The topological polar surface area (TPSA) is 38.8 Å². The highest BCUT2D eigenvalue weighted by Gasteiger charge is 2.29. The largest absolute Gasteiger partial charge is 0.496 e. The van der Waals surface area contributed by atoms with Gasteiger partial charge in [0.15, 0.2) is 0 Å². The number of aryl methyl sites for hydroxylation is 2. The van der Waals surface area contributed by atoms with Crippen LogP contribution in [-0.2, 0) is 17.6 Å². The molecule has 136 valence electrons. The van der Waals surface area contributed by atoms with Crippen molar-refractivity contribution in [2.45, 2.75) is 25.4 Å². The van der Waals surface area contributed by atoms with Gasteiger partial charge >= 0.3 is 0 Å². The van der Waals surface area contributed by atoms with Gasteiger partial charge in [-0.05, 0) is 60.2 Å². The number of hydrogen-bond donors (Lipinski definition) is 0. The molecule has 1 aliphatic heterocycles. The Morgan fingerprint density at radius 3 is 2.65 bits per heavy atom. The maximum absolute atomic E-state index is 13.2. The Morgan fingerprint density at radius 1 is 1.19 bits per heavy atom. The van der Waals surface area contributed by atoms with Crippen LogP contribution in [0.1, 0.15) is 39.6 Å². The number of nitrogens with zero attached hydrogens (tertiary/aromatic N) is 1. The summed E-state index contributed by atoms with van der Waals surface area (Å²) in [5.74, 6) is 0.684. The summed E-state index contributed by atoms with van der Waals surface area (Å²) < 4.78 is 11.4. The molecular formula is C21H22ClNO3. The number of ether oxygens (including phenoxy) is 2. The van der Waals surface area contributed by atoms with Crippen molar-refractivity contribution in [2.75, 3.05) is 26.8 Å². The van der Waals surface area contributed by atoms with Crippen LogP contribution in [0.2, 0.25) is 5.02 Å². The summed E-state index contributed by atoms with van der Waals surface area (Å²) in [5.41, 5.74) is 4.27. The molecule has 0 unspecified atom stereocenters. The fraction of sp³-hybridized carbons (Fsp3) is 0.381. The van der Waals surface area contributed by atoms with E-state index in [1.165, 1.54) is 11.1 Å². The lowest BCUT2D eigenvalue weighted by Gasteiger charge is -2.33. The van der Waals surface area contributed by atoms with Crippen LogP contribution in [0, 0.1) is 0 Å². The minimum atomic E-state index is -0.134. The van der Waals surface area contributed by atoms with Crippen LogP contribution in [0.3, 0.4) is 0 Å². The minimum Gasteiger partial charge on any atom is -0.496 e. The Balaban J connectivity index is 1.57. The second kappa shape index (κ2) is 7.29. The monoisotopic (exact) mass is 371 g/mol. The number of benzene rings is 2. The van der Waals surface area contributed by atoms with E-state index in [-0.39, 0.29) is 12.0 Å². The van der Waals surface area contributed by atoms with Gasteiger partial charge in [0, 0.05) is 11.6 Å². The van der Waals surface area contributed by atoms with E-state index in [1.807, 2.05) is 41.3 Å². The summed E-state index contributed by atoms with van der Waals surface area (Å²) >= 11 is 5.97. The molecule has 0 spiro atoms. The quantitative estimate of drug-likeness (QED) is 0.817. The van der Waals surface area contributed by atoms with E-state index in [0.29, 0.717) is 36.0 Å². The number of carbonyl (C=O) groups is 1. The standard InChI is InChI=1S/C21H22ClNO3/c1-25-19-12-16-4-2-3-15(16)11-18(19)21(24)23-9-10-26-20(13-23)14-5-7-17(22)8-6-14/h5-8,11-12,20H,2-4,9-10,13H2,1H3/t20-/m0/s1. The van der Waals surface area contributed by atoms with Crippen LogP contribution in [0.15, 0.2) is 36.4 Å². The Kier molecular flexibility index (Phi) is 4.88. The lowest BCUT2D eigenvalue weighted by molar-refractivity contribution is -0.0229. The minimum absolute atomic E-state index is 0.0128. The molecule has 5 heteroatoms. The molecule has 2 aromatic rings. The predicted molar refractivity (Wildman–Crippen MR) is 101 cm³/mol. The molecule has 0 aromatic heterocycles. The van der Waals surface area contributed by atoms with Crippen LogP contribution in [0.25, 0.3) is 0 Å². The molecule has 1 fully saturated rings. The predicted octanol–water partition coefficient (Wildman–Crippen LogP) is 4.05. The van der Waals surface area contributed by atoms with Crippen LogP contribution in [-0.4, -0.2) is 37.6 Å². The van der Waals surface area contributed by atoms with Gasteiger partial charge in [0.1, 0.15) is 11.9 Å². The highest BCUT2D eigenvalue weighted by molar-refractivity contribution is 6.30. The molecule has 4 rings (SSSR count). The van der Waals surface area contributed by atoms with Crippen LogP contribution in [0.5, 0.6) is 5.75 Å². The van der Waals surface area contributed by atoms with Crippen molar-refractivity contribution < 1.29 is 14.3 Å². The highest BCUT2D eigenvalue weighted by atomic mass is 35.5. The van der Waals surface area contributed by atoms with E-state index in [9.17, 15) is 4.79 Å². The third-order valence-corrected chi connectivity index (χ3v) is 5.49. The van der Waals surface area contributed by atoms with E-state index in [4.69, 9.17) is 21.1 Å². The first-order chi connectivity index (χ1) is 12.7. The Bertz CT molecular complexity index is 819. The van der Waals surface area contributed by atoms with Gasteiger partial charge in [-0.2, -0.15) is 0 Å². The smallest absolute Gasteiger partial charge is 0.257 e. The van der Waals surface area contributed by atoms with Crippen molar-refractivity contribution >= 4 is 17.5 Å². The van der Waals surface area contributed by atoms with Gasteiger partial charge in [0.05, 0.1) is 25.8 Å². The van der Waals surface area contributed by atoms with Crippen LogP contribution in [0.4, 0.5) is 0 Å². The molecule has 0 radical (unpaired) electrons. The first-order valence-corrected chi connectivity index (χ1v) is 9.39. The number of halogens is 1. The summed E-state index contributed by atoms with van der Waals surface area (Å²) in [6, 6.07) is 11.7. The van der Waals surface area contributed by atoms with E-state index in [0.717, 1.165) is 24.8 Å². The van der Waals surface area contributed by atoms with Crippen molar-refractivity contribution in [3.63, 3.8) is 0 Å². The van der Waals surface area contributed by atoms with Crippen LogP contribution >= 0.6 is 11.6 Å². The molecule has 0 N–H and O–H groups in total. The molecule has 1 heterocycles. The van der Waals surface area contributed by atoms with Gasteiger partial charge in [-0.1, -0.05) is 23.7 Å². The summed E-state index contributed by atoms with van der Waals surface area (Å²) in [6.07, 6.45) is 3.11. The number of methoxy groups -OCH3 is 1. The van der Waals surface area contributed by atoms with Gasteiger partial charge in [-0.3, -0.25) is 4.79 Å². The number of rotatable bonds is 3. The number of amides is 1. The van der Waals surface area contributed by atoms with Gasteiger partial charge < -0.3 is 14.4 Å². The van der Waals surface area contributed by atoms with E-state index < -0.39 is 0 Å². The number of morpholine rings is 1. The molecule has 4 nitrogen and oxygen atoms in total. The fourth-order valence-electron chi connectivity index (χ4n) is 3.82. The van der Waals surface area contributed by atoms with Crippen molar-refractivity contribution in [3.8, 4) is 5.75 Å². The Hall–Kier alpha value is -2.04. The summed E-state index contributed by atoms with van der Waals surface area (Å²) in [6.45, 7) is 1.64. The zero-order chi connectivity index (χ0) is 18.1. The van der Waals surface area contributed by atoms with Gasteiger partial charge in [0.2, 0.25) is 0 Å². The van der Waals surface area contributed by atoms with Crippen LogP contribution < -0.4 is 4.74 Å². The molecule has 2 aromatic carbocycles. The maximum atomic E-state index is 13.2. The number of fused-ring (bicyclic) bond motifs is 1. The molecule has 1 atom stereocenters. The first-order valence-electron chi connectivity index (χ1n) is 9.02. The second-order valence-corrected chi connectivity index (χ2v) is 7.27. The zero-order valence-electron chi connectivity index (χ0n) is 14.8. The van der Waals surface area contributed by atoms with E-state index >= 15 is 0 Å². The van der Waals surface area contributed by atoms with E-state index in [1.54, 1.807) is 7.11 Å². The molecule has 0 bridgehead atoms. The molecule has 1 saturated heterocycles. The first kappa shape index (κ1) is 17.4. The SMILES string of the molecule is COc1cc2c(cc1C(=O)N1CCO[C@H](c3ccc(Cl)cc3)C1)CCC2. The zero-order valence-corrected chi connectivity index (χ0v) is 15.6. The lowest BCUT2D eigenvalue weighted by atomic mass is 10.0. The molecule has 0 saturated carbocycles. The summed E-state index contributed by atoms with van der Waals surface area (Å²) in [4.78, 5) is 15.0. The van der Waals surface area contributed by atoms with Crippen molar-refractivity contribution in [1.29, 1.82) is 0 Å². The summed E-state index contributed by atoms with van der Waals surface area (Å²) in [7, 11) is 1.63. The normalized spacial score (nSPS) is 19.3. The average molecular weight is 372 g/mol. The second-order valence-electron chi connectivity index (χ2n) is 6.84. The van der Waals surface area contributed by atoms with Gasteiger partial charge in [0.25, 0.3) is 5.91 Å². The van der Waals surface area contributed by atoms with Gasteiger partial charge in [-0.15, -0.1) is 0 Å². The Morgan fingerprint density at radius 2 is 1.92 bits per heavy atom. The summed E-state index contributed by atoms with van der Waals surface area (Å²) in [5, 5.41) is 0.695. The maximum Gasteiger partial charge on any atom is 0.257 e. The van der Waals surface area contributed by atoms with E-state index in [2.05, 4.69) is 0 Å². The molecule has 1 aliphatic carbocycles. The molecule has 1 amide bonds. The number of hydrogen-bond acceptors (Lipinski definition) is 3. The molecule has 2 aliphatic rings. The van der Waals surface area contributed by atoms with Crippen molar-refractivity contribution in [3.05, 3.63) is 63.7 Å². The average Bonchev–Trinajstić information content (AvgIpc) is 3.14.